The van der Waals surface area contributed by atoms with Crippen molar-refractivity contribution in [2.24, 2.45) is 0 Å². The first kappa shape index (κ1) is 10.8. The Morgan fingerprint density at radius 2 is 1.75 bits per heavy atom. The maximum Gasteiger partial charge on any atom is 0.196 e. The topological polar surface area (TPSA) is 17.1 Å². The van der Waals surface area contributed by atoms with Gasteiger partial charge in [-0.15, -0.1) is 0 Å². The van der Waals surface area contributed by atoms with Crippen molar-refractivity contribution in [1.82, 2.24) is 0 Å². The van der Waals surface area contributed by atoms with Crippen molar-refractivity contribution in [3.05, 3.63) is 70.5 Å². The van der Waals surface area contributed by atoms with Crippen LogP contribution >= 0.6 is 11.6 Å². The highest BCUT2D eigenvalue weighted by Gasteiger charge is 2.13. The Kier molecular flexibility index (Phi) is 3.02. The molecule has 0 aliphatic carbocycles. The van der Waals surface area contributed by atoms with Crippen LogP contribution in [0.1, 0.15) is 15.9 Å². The number of ketones is 1. The summed E-state index contributed by atoms with van der Waals surface area (Å²) in [4.78, 5) is 11.9. The molecule has 0 aliphatic rings. The minimum Gasteiger partial charge on any atom is -0.288 e. The van der Waals surface area contributed by atoms with Gasteiger partial charge in [-0.05, 0) is 18.2 Å². The maximum atomic E-state index is 13.4. The molecule has 0 unspecified atom stereocenters. The molecule has 0 amide bonds. The Labute approximate surface area is 97.5 Å². The molecule has 0 heterocycles. The second-order valence-electron chi connectivity index (χ2n) is 3.32. The summed E-state index contributed by atoms with van der Waals surface area (Å²) < 4.78 is 13.4. The number of halogens is 2. The predicted octanol–water partition coefficient (Wildman–Crippen LogP) is 3.71. The van der Waals surface area contributed by atoms with E-state index in [9.17, 15) is 9.18 Å². The second kappa shape index (κ2) is 4.45. The fourth-order valence-corrected chi connectivity index (χ4v) is 1.59. The van der Waals surface area contributed by atoms with Crippen LogP contribution in [0.5, 0.6) is 0 Å². The van der Waals surface area contributed by atoms with E-state index in [2.05, 4.69) is 0 Å². The molecule has 0 atom stereocenters. The van der Waals surface area contributed by atoms with E-state index in [1.807, 2.05) is 0 Å². The summed E-state index contributed by atoms with van der Waals surface area (Å²) in [6.07, 6.45) is 0. The molecule has 16 heavy (non-hydrogen) atoms. The van der Waals surface area contributed by atoms with Gasteiger partial charge in [-0.3, -0.25) is 4.79 Å². The summed E-state index contributed by atoms with van der Waals surface area (Å²) in [5.41, 5.74) is 0.447. The first-order chi connectivity index (χ1) is 7.68. The van der Waals surface area contributed by atoms with Gasteiger partial charge in [0.15, 0.2) is 5.78 Å². The molecule has 3 heteroatoms. The molecular formula is C13H8ClFO. The molecule has 80 valence electrons. The number of carbonyl (C=O) groups is 1. The summed E-state index contributed by atoms with van der Waals surface area (Å²) in [5.74, 6) is -0.918. The van der Waals surface area contributed by atoms with Gasteiger partial charge in [0.25, 0.3) is 0 Å². The lowest BCUT2D eigenvalue weighted by Crippen LogP contribution is -2.03. The van der Waals surface area contributed by atoms with Crippen molar-refractivity contribution in [1.29, 1.82) is 0 Å². The van der Waals surface area contributed by atoms with Gasteiger partial charge in [0.05, 0.1) is 5.56 Å². The van der Waals surface area contributed by atoms with Gasteiger partial charge < -0.3 is 0 Å². The van der Waals surface area contributed by atoms with Crippen molar-refractivity contribution in [2.45, 2.75) is 0 Å². The van der Waals surface area contributed by atoms with E-state index in [-0.39, 0.29) is 11.3 Å². The minimum atomic E-state index is -0.557. The second-order valence-corrected chi connectivity index (χ2v) is 3.76. The molecule has 0 bridgehead atoms. The zero-order valence-electron chi connectivity index (χ0n) is 8.28. The summed E-state index contributed by atoms with van der Waals surface area (Å²) in [6.45, 7) is 0. The van der Waals surface area contributed by atoms with Gasteiger partial charge in [0.1, 0.15) is 5.82 Å². The summed E-state index contributed by atoms with van der Waals surface area (Å²) in [6, 6.07) is 12.5. The van der Waals surface area contributed by atoms with E-state index in [0.29, 0.717) is 10.6 Å². The first-order valence-electron chi connectivity index (χ1n) is 4.73. The van der Waals surface area contributed by atoms with Gasteiger partial charge in [0, 0.05) is 10.6 Å². The third-order valence-corrected chi connectivity index (χ3v) is 2.44. The Balaban J connectivity index is 2.46. The zero-order chi connectivity index (χ0) is 11.5. The average Bonchev–Trinajstić information content (AvgIpc) is 2.32. The lowest BCUT2D eigenvalue weighted by atomic mass is 10.0. The van der Waals surface area contributed by atoms with Crippen molar-refractivity contribution >= 4 is 17.4 Å². The molecule has 0 fully saturated rings. The molecule has 0 aromatic heterocycles. The Hall–Kier alpha value is -1.67. The van der Waals surface area contributed by atoms with Crippen LogP contribution in [0.25, 0.3) is 0 Å². The molecule has 0 saturated carbocycles. The minimum absolute atomic E-state index is 0.00120. The fourth-order valence-electron chi connectivity index (χ4n) is 1.42. The average molecular weight is 235 g/mol. The first-order valence-corrected chi connectivity index (χ1v) is 5.11. The Morgan fingerprint density at radius 3 is 2.44 bits per heavy atom. The molecule has 0 aliphatic heterocycles. The number of rotatable bonds is 2. The van der Waals surface area contributed by atoms with Crippen molar-refractivity contribution in [3.8, 4) is 0 Å². The van der Waals surface area contributed by atoms with Crippen LogP contribution in [0.3, 0.4) is 0 Å². The van der Waals surface area contributed by atoms with Gasteiger partial charge in [-0.25, -0.2) is 4.39 Å². The van der Waals surface area contributed by atoms with Gasteiger partial charge in [-0.1, -0.05) is 41.9 Å². The molecule has 0 N–H and O–H groups in total. The molecule has 0 spiro atoms. The lowest BCUT2D eigenvalue weighted by Gasteiger charge is -2.02. The third kappa shape index (κ3) is 2.12. The highest BCUT2D eigenvalue weighted by molar-refractivity contribution is 6.31. The molecule has 0 saturated heterocycles. The monoisotopic (exact) mass is 234 g/mol. The summed E-state index contributed by atoms with van der Waals surface area (Å²) in [7, 11) is 0. The van der Waals surface area contributed by atoms with Crippen LogP contribution in [-0.4, -0.2) is 5.78 Å². The normalized spacial score (nSPS) is 10.1. The summed E-state index contributed by atoms with van der Waals surface area (Å²) in [5, 5.41) is 0.348. The number of hydrogen-bond donors (Lipinski definition) is 0. The van der Waals surface area contributed by atoms with E-state index in [1.54, 1.807) is 30.3 Å². The van der Waals surface area contributed by atoms with E-state index >= 15 is 0 Å². The van der Waals surface area contributed by atoms with E-state index in [1.165, 1.54) is 18.2 Å². The largest absolute Gasteiger partial charge is 0.288 e. The maximum absolute atomic E-state index is 13.4. The van der Waals surface area contributed by atoms with Crippen LogP contribution in [0, 0.1) is 5.82 Å². The van der Waals surface area contributed by atoms with Crippen LogP contribution in [0.15, 0.2) is 48.5 Å². The van der Waals surface area contributed by atoms with E-state index in [0.717, 1.165) is 0 Å². The smallest absolute Gasteiger partial charge is 0.196 e. The Morgan fingerprint density at radius 1 is 1.06 bits per heavy atom. The lowest BCUT2D eigenvalue weighted by molar-refractivity contribution is 0.103. The Bertz CT molecular complexity index is 523. The standard InChI is InChI=1S/C13H8ClFO/c14-10-6-7-12(15)11(8-10)13(16)9-4-2-1-3-5-9/h1-8H. The van der Waals surface area contributed by atoms with Crippen molar-refractivity contribution < 1.29 is 9.18 Å². The van der Waals surface area contributed by atoms with Gasteiger partial charge in [-0.2, -0.15) is 0 Å². The summed E-state index contributed by atoms with van der Waals surface area (Å²) >= 11 is 5.73. The van der Waals surface area contributed by atoms with Crippen LogP contribution < -0.4 is 0 Å². The van der Waals surface area contributed by atoms with Crippen LogP contribution in [0.2, 0.25) is 5.02 Å². The molecular weight excluding hydrogens is 227 g/mol. The molecule has 2 aromatic carbocycles. The number of carbonyl (C=O) groups excluding carboxylic acids is 1. The molecule has 2 aromatic rings. The molecule has 1 nitrogen and oxygen atoms in total. The SMILES string of the molecule is O=C(c1ccccc1)c1cc(Cl)ccc1F. The number of benzene rings is 2. The third-order valence-electron chi connectivity index (χ3n) is 2.21. The van der Waals surface area contributed by atoms with Crippen molar-refractivity contribution in [3.63, 3.8) is 0 Å². The van der Waals surface area contributed by atoms with Crippen LogP contribution in [0.4, 0.5) is 4.39 Å². The zero-order valence-corrected chi connectivity index (χ0v) is 9.04. The van der Waals surface area contributed by atoms with Crippen molar-refractivity contribution in [2.75, 3.05) is 0 Å². The van der Waals surface area contributed by atoms with E-state index in [4.69, 9.17) is 11.6 Å². The van der Waals surface area contributed by atoms with Gasteiger partial charge >= 0.3 is 0 Å². The number of hydrogen-bond acceptors (Lipinski definition) is 1. The highest BCUT2D eigenvalue weighted by atomic mass is 35.5. The quantitative estimate of drug-likeness (QED) is 0.724. The molecule has 2 rings (SSSR count). The van der Waals surface area contributed by atoms with Crippen LogP contribution in [-0.2, 0) is 0 Å². The van der Waals surface area contributed by atoms with E-state index < -0.39 is 5.82 Å². The fraction of sp³-hybridized carbons (Fsp3) is 0. The molecule has 0 radical (unpaired) electrons. The predicted molar refractivity (Wildman–Crippen MR) is 61.3 cm³/mol. The highest BCUT2D eigenvalue weighted by Crippen LogP contribution is 2.18. The van der Waals surface area contributed by atoms with Gasteiger partial charge in [0.2, 0.25) is 0 Å².